The summed E-state index contributed by atoms with van der Waals surface area (Å²) in [6, 6.07) is 8.16. The van der Waals surface area contributed by atoms with Gasteiger partial charge in [0, 0.05) is 23.6 Å². The van der Waals surface area contributed by atoms with Crippen LogP contribution in [0.3, 0.4) is 0 Å². The average molecular weight is 324 g/mol. The van der Waals surface area contributed by atoms with Crippen LogP contribution in [0, 0.1) is 30.9 Å². The summed E-state index contributed by atoms with van der Waals surface area (Å²) in [5.41, 5.74) is 1.63. The Kier molecular flexibility index (Phi) is 4.24. The van der Waals surface area contributed by atoms with E-state index in [-0.39, 0.29) is 17.5 Å². The molecule has 0 amide bonds. The molecule has 0 spiro atoms. The molecule has 1 atom stereocenters. The predicted molar refractivity (Wildman–Crippen MR) is 88.2 cm³/mol. The Morgan fingerprint density at radius 2 is 2.00 bits per heavy atom. The van der Waals surface area contributed by atoms with Crippen LogP contribution in [0.4, 0.5) is 8.78 Å². The summed E-state index contributed by atoms with van der Waals surface area (Å²) in [5, 5.41) is 10.1. The predicted octanol–water partition coefficient (Wildman–Crippen LogP) is 3.42. The van der Waals surface area contributed by atoms with Gasteiger partial charge in [-0.1, -0.05) is 24.1 Å². The molecule has 0 saturated heterocycles. The summed E-state index contributed by atoms with van der Waals surface area (Å²) >= 11 is 0. The van der Waals surface area contributed by atoms with E-state index >= 15 is 0 Å². The molecule has 1 N–H and O–H groups in total. The van der Waals surface area contributed by atoms with E-state index in [1.54, 1.807) is 36.5 Å². The van der Waals surface area contributed by atoms with Crippen molar-refractivity contribution in [3.63, 3.8) is 0 Å². The summed E-state index contributed by atoms with van der Waals surface area (Å²) in [7, 11) is 0. The van der Waals surface area contributed by atoms with Crippen LogP contribution >= 0.6 is 0 Å². The van der Waals surface area contributed by atoms with Gasteiger partial charge in [0.25, 0.3) is 0 Å². The first-order chi connectivity index (χ1) is 11.5. The number of nitrogens with zero attached hydrogens (tertiary/aromatic N) is 2. The third-order valence-electron chi connectivity index (χ3n) is 3.78. The Morgan fingerprint density at radius 1 is 1.21 bits per heavy atom. The molecule has 3 rings (SSSR count). The molecule has 3 aromatic rings. The molecular weight excluding hydrogens is 310 g/mol. The van der Waals surface area contributed by atoms with Gasteiger partial charge in [-0.2, -0.15) is 0 Å². The Morgan fingerprint density at radius 3 is 2.75 bits per heavy atom. The minimum absolute atomic E-state index is 0.159. The number of halogens is 2. The van der Waals surface area contributed by atoms with Crippen molar-refractivity contribution < 1.29 is 13.9 Å². The maximum atomic E-state index is 14.1. The van der Waals surface area contributed by atoms with Crippen LogP contribution in [0.25, 0.3) is 22.0 Å². The molecule has 0 aliphatic rings. The largest absolute Gasteiger partial charge is 0.380 e. The Balaban J connectivity index is 2.02. The SMILES string of the molecule is C#CC(O)Cc1ncc2cc(-c3ccc(C)c(F)c3F)ccc2n1. The summed E-state index contributed by atoms with van der Waals surface area (Å²) in [6.07, 6.45) is 5.93. The van der Waals surface area contributed by atoms with Crippen molar-refractivity contribution in [3.05, 3.63) is 59.6 Å². The van der Waals surface area contributed by atoms with Crippen molar-refractivity contribution in [2.75, 3.05) is 0 Å². The Labute approximate surface area is 138 Å². The second kappa shape index (κ2) is 6.34. The molecule has 0 bridgehead atoms. The number of fused-ring (bicyclic) bond motifs is 1. The highest BCUT2D eigenvalue weighted by molar-refractivity contribution is 5.84. The zero-order valence-electron chi connectivity index (χ0n) is 12.9. The van der Waals surface area contributed by atoms with E-state index in [4.69, 9.17) is 6.42 Å². The third-order valence-corrected chi connectivity index (χ3v) is 3.78. The molecule has 3 nitrogen and oxygen atoms in total. The normalized spacial score (nSPS) is 12.1. The number of benzene rings is 2. The van der Waals surface area contributed by atoms with E-state index in [0.29, 0.717) is 22.3 Å². The molecule has 24 heavy (non-hydrogen) atoms. The average Bonchev–Trinajstić information content (AvgIpc) is 2.59. The van der Waals surface area contributed by atoms with Crippen LogP contribution in [-0.4, -0.2) is 21.2 Å². The number of terminal acetylenes is 1. The van der Waals surface area contributed by atoms with E-state index in [9.17, 15) is 13.9 Å². The van der Waals surface area contributed by atoms with Gasteiger partial charge >= 0.3 is 0 Å². The van der Waals surface area contributed by atoms with Gasteiger partial charge < -0.3 is 5.11 Å². The fourth-order valence-corrected chi connectivity index (χ4v) is 2.44. The van der Waals surface area contributed by atoms with Gasteiger partial charge in [0.1, 0.15) is 11.9 Å². The smallest absolute Gasteiger partial charge is 0.166 e. The van der Waals surface area contributed by atoms with Crippen molar-refractivity contribution in [2.24, 2.45) is 0 Å². The molecule has 0 fully saturated rings. The number of aliphatic hydroxyl groups excluding tert-OH is 1. The highest BCUT2D eigenvalue weighted by atomic mass is 19.2. The second-order valence-corrected chi connectivity index (χ2v) is 5.50. The van der Waals surface area contributed by atoms with E-state index in [1.165, 1.54) is 6.92 Å². The van der Waals surface area contributed by atoms with Crippen LogP contribution in [0.15, 0.2) is 36.5 Å². The molecule has 1 heterocycles. The van der Waals surface area contributed by atoms with Gasteiger partial charge in [-0.25, -0.2) is 18.7 Å². The Bertz CT molecular complexity index is 963. The summed E-state index contributed by atoms with van der Waals surface area (Å²) in [4.78, 5) is 8.47. The van der Waals surface area contributed by atoms with Crippen LogP contribution in [-0.2, 0) is 6.42 Å². The lowest BCUT2D eigenvalue weighted by Gasteiger charge is -2.08. The minimum atomic E-state index is -0.939. The van der Waals surface area contributed by atoms with Crippen LogP contribution in [0.1, 0.15) is 11.4 Å². The molecule has 0 radical (unpaired) electrons. The zero-order chi connectivity index (χ0) is 17.3. The van der Waals surface area contributed by atoms with Crippen molar-refractivity contribution in [2.45, 2.75) is 19.4 Å². The van der Waals surface area contributed by atoms with Gasteiger partial charge in [-0.15, -0.1) is 6.42 Å². The van der Waals surface area contributed by atoms with Crippen molar-refractivity contribution in [1.82, 2.24) is 9.97 Å². The Hall–Kier alpha value is -2.84. The maximum Gasteiger partial charge on any atom is 0.166 e. The number of rotatable bonds is 3. The molecule has 5 heteroatoms. The van der Waals surface area contributed by atoms with Crippen molar-refractivity contribution in [1.29, 1.82) is 0 Å². The van der Waals surface area contributed by atoms with Gasteiger partial charge in [-0.05, 0) is 30.2 Å². The maximum absolute atomic E-state index is 14.1. The third kappa shape index (κ3) is 2.97. The number of aliphatic hydroxyl groups is 1. The highest BCUT2D eigenvalue weighted by Crippen LogP contribution is 2.28. The quantitative estimate of drug-likeness (QED) is 0.751. The van der Waals surface area contributed by atoms with Gasteiger partial charge in [0.05, 0.1) is 5.52 Å². The fraction of sp³-hybridized carbons (Fsp3) is 0.158. The molecular formula is C19H14F2N2O. The van der Waals surface area contributed by atoms with Crippen molar-refractivity contribution in [3.8, 4) is 23.5 Å². The van der Waals surface area contributed by atoms with Gasteiger partial charge in [0.2, 0.25) is 0 Å². The van der Waals surface area contributed by atoms with Gasteiger partial charge in [0.15, 0.2) is 11.6 Å². The number of hydrogen-bond donors (Lipinski definition) is 1. The fourth-order valence-electron chi connectivity index (χ4n) is 2.44. The molecule has 1 unspecified atom stereocenters. The van der Waals surface area contributed by atoms with Crippen LogP contribution < -0.4 is 0 Å². The first-order valence-corrected chi connectivity index (χ1v) is 7.34. The summed E-state index contributed by atoms with van der Waals surface area (Å²) in [5.74, 6) is 0.915. The molecule has 2 aromatic carbocycles. The second-order valence-electron chi connectivity index (χ2n) is 5.50. The van der Waals surface area contributed by atoms with Crippen LogP contribution in [0.2, 0.25) is 0 Å². The van der Waals surface area contributed by atoms with E-state index in [2.05, 4.69) is 15.9 Å². The first kappa shape index (κ1) is 16.0. The first-order valence-electron chi connectivity index (χ1n) is 7.34. The standard InChI is InChI=1S/C19H14F2N2O/c1-3-14(24)9-17-22-10-13-8-12(5-7-16(13)23-17)15-6-4-11(2)18(20)19(15)21/h1,4-8,10,14,24H,9H2,2H3. The summed E-state index contributed by atoms with van der Waals surface area (Å²) in [6.45, 7) is 1.52. The highest BCUT2D eigenvalue weighted by Gasteiger charge is 2.13. The topological polar surface area (TPSA) is 46.0 Å². The zero-order valence-corrected chi connectivity index (χ0v) is 12.9. The van der Waals surface area contributed by atoms with E-state index in [0.717, 1.165) is 0 Å². The molecule has 0 saturated carbocycles. The van der Waals surface area contributed by atoms with Crippen molar-refractivity contribution >= 4 is 10.9 Å². The minimum Gasteiger partial charge on any atom is -0.380 e. The molecule has 1 aromatic heterocycles. The monoisotopic (exact) mass is 324 g/mol. The van der Waals surface area contributed by atoms with E-state index in [1.807, 2.05) is 0 Å². The van der Waals surface area contributed by atoms with Crippen LogP contribution in [0.5, 0.6) is 0 Å². The molecule has 0 aliphatic heterocycles. The lowest BCUT2D eigenvalue weighted by Crippen LogP contribution is -2.09. The lowest BCUT2D eigenvalue weighted by molar-refractivity contribution is 0.231. The van der Waals surface area contributed by atoms with E-state index < -0.39 is 17.7 Å². The van der Waals surface area contributed by atoms with Gasteiger partial charge in [-0.3, -0.25) is 0 Å². The number of aryl methyl sites for hydroxylation is 1. The number of aromatic nitrogens is 2. The molecule has 120 valence electrons. The number of hydrogen-bond acceptors (Lipinski definition) is 3. The summed E-state index contributed by atoms with van der Waals surface area (Å²) < 4.78 is 27.9. The molecule has 0 aliphatic carbocycles. The lowest BCUT2D eigenvalue weighted by atomic mass is 10.0.